The van der Waals surface area contributed by atoms with Gasteiger partial charge in [0.05, 0.1) is 11.2 Å². The second kappa shape index (κ2) is 8.10. The van der Waals surface area contributed by atoms with Crippen LogP contribution < -0.4 is 0 Å². The van der Waals surface area contributed by atoms with Gasteiger partial charge in [-0.05, 0) is 82.3 Å². The third-order valence-electron chi connectivity index (χ3n) is 2.66. The van der Waals surface area contributed by atoms with Gasteiger partial charge in [-0.15, -0.1) is 0 Å². The van der Waals surface area contributed by atoms with Crippen LogP contribution in [-0.4, -0.2) is 40.5 Å². The molecule has 0 aliphatic heterocycles. The van der Waals surface area contributed by atoms with Crippen molar-refractivity contribution in [3.05, 3.63) is 0 Å². The molecule has 0 saturated carbocycles. The molecule has 0 atom stereocenters. The first kappa shape index (κ1) is 23.3. The lowest BCUT2D eigenvalue weighted by molar-refractivity contribution is 0.0169. The normalized spacial score (nSPS) is 14.9. The van der Waals surface area contributed by atoms with Gasteiger partial charge >= 0.3 is 17.1 Å². The van der Waals surface area contributed by atoms with Gasteiger partial charge in [0, 0.05) is 17.9 Å². The fourth-order valence-corrected chi connectivity index (χ4v) is 13.7. The Balaban J connectivity index is 5.50. The van der Waals surface area contributed by atoms with E-state index in [-0.39, 0.29) is 23.4 Å². The molecule has 0 heterocycles. The van der Waals surface area contributed by atoms with Gasteiger partial charge in [-0.2, -0.15) is 0 Å². The van der Waals surface area contributed by atoms with E-state index in [0.29, 0.717) is 0 Å². The SMILES string of the molecule is CC(C)O[Si](C)(C[Si](C)(OC(C)(C)C)OC(C)(C)C)OC(C)C. The second-order valence-corrected chi connectivity index (χ2v) is 16.0. The van der Waals surface area contributed by atoms with Crippen molar-refractivity contribution in [3.8, 4) is 0 Å². The predicted molar refractivity (Wildman–Crippen MR) is 102 cm³/mol. The van der Waals surface area contributed by atoms with Crippen LogP contribution >= 0.6 is 0 Å². The van der Waals surface area contributed by atoms with Gasteiger partial charge in [-0.1, -0.05) is 0 Å². The largest absolute Gasteiger partial charge is 0.392 e. The highest BCUT2D eigenvalue weighted by Crippen LogP contribution is 2.32. The van der Waals surface area contributed by atoms with E-state index < -0.39 is 17.1 Å². The molecular weight excluding hydrogens is 324 g/mol. The van der Waals surface area contributed by atoms with Crippen LogP contribution in [0.15, 0.2) is 0 Å². The summed E-state index contributed by atoms with van der Waals surface area (Å²) in [5, 5.41) is 0. The minimum absolute atomic E-state index is 0.132. The Kier molecular flexibility index (Phi) is 8.20. The summed E-state index contributed by atoms with van der Waals surface area (Å²) in [7, 11) is -4.88. The molecule has 0 unspecified atom stereocenters. The van der Waals surface area contributed by atoms with Crippen LogP contribution in [0.3, 0.4) is 0 Å². The van der Waals surface area contributed by atoms with E-state index in [1.165, 1.54) is 0 Å². The van der Waals surface area contributed by atoms with Gasteiger partial charge in [-0.3, -0.25) is 0 Å². The molecule has 23 heavy (non-hydrogen) atoms. The van der Waals surface area contributed by atoms with Crippen molar-refractivity contribution in [2.75, 3.05) is 0 Å². The highest BCUT2D eigenvalue weighted by molar-refractivity contribution is 6.85. The second-order valence-electron chi connectivity index (χ2n) is 9.21. The van der Waals surface area contributed by atoms with Crippen LogP contribution in [-0.2, 0) is 17.7 Å². The first-order valence-corrected chi connectivity index (χ1v) is 13.8. The molecular formula is C17H40O4Si2. The predicted octanol–water partition coefficient (Wildman–Crippen LogP) is 5.15. The van der Waals surface area contributed by atoms with Crippen LogP contribution in [0.4, 0.5) is 0 Å². The summed E-state index contributed by atoms with van der Waals surface area (Å²) >= 11 is 0. The average Bonchev–Trinajstić information content (AvgIpc) is 2.02. The number of hydrogen-bond donors (Lipinski definition) is 0. The molecule has 0 fully saturated rings. The van der Waals surface area contributed by atoms with Gasteiger partial charge in [0.2, 0.25) is 0 Å². The minimum Gasteiger partial charge on any atom is -0.392 e. The quantitative estimate of drug-likeness (QED) is 0.558. The molecule has 0 aliphatic carbocycles. The Hall–Kier alpha value is 0.274. The molecule has 0 aromatic heterocycles. The molecule has 0 bridgehead atoms. The summed E-state index contributed by atoms with van der Waals surface area (Å²) in [5.74, 6) is 0. The summed E-state index contributed by atoms with van der Waals surface area (Å²) < 4.78 is 25.4. The monoisotopic (exact) mass is 364 g/mol. The molecule has 0 spiro atoms. The number of hydrogen-bond acceptors (Lipinski definition) is 4. The lowest BCUT2D eigenvalue weighted by atomic mass is 10.2. The molecule has 140 valence electrons. The molecule has 0 amide bonds. The van der Waals surface area contributed by atoms with E-state index in [2.05, 4.69) is 82.3 Å². The highest BCUT2D eigenvalue weighted by Gasteiger charge is 2.49. The smallest absolute Gasteiger partial charge is 0.337 e. The van der Waals surface area contributed by atoms with E-state index in [0.717, 1.165) is 5.67 Å². The maximum atomic E-state index is 6.45. The highest BCUT2D eigenvalue weighted by atomic mass is 28.4. The van der Waals surface area contributed by atoms with Gasteiger partial charge in [0.1, 0.15) is 0 Å². The maximum Gasteiger partial charge on any atom is 0.337 e. The van der Waals surface area contributed by atoms with E-state index in [4.69, 9.17) is 17.7 Å². The van der Waals surface area contributed by atoms with Gasteiger partial charge < -0.3 is 17.7 Å². The van der Waals surface area contributed by atoms with Crippen LogP contribution in [0.2, 0.25) is 18.8 Å². The molecule has 0 aromatic rings. The van der Waals surface area contributed by atoms with Crippen molar-refractivity contribution in [1.82, 2.24) is 0 Å². The van der Waals surface area contributed by atoms with E-state index in [9.17, 15) is 0 Å². The van der Waals surface area contributed by atoms with E-state index >= 15 is 0 Å². The summed E-state index contributed by atoms with van der Waals surface area (Å²) in [4.78, 5) is 0. The van der Waals surface area contributed by atoms with Gasteiger partial charge in [-0.25, -0.2) is 0 Å². The van der Waals surface area contributed by atoms with Crippen LogP contribution in [0, 0.1) is 0 Å². The molecule has 0 saturated heterocycles. The molecule has 4 nitrogen and oxygen atoms in total. The summed E-state index contributed by atoms with van der Waals surface area (Å²) in [5.41, 5.74) is 0.249. The summed E-state index contributed by atoms with van der Waals surface area (Å²) in [6.07, 6.45) is 0.265. The third-order valence-corrected chi connectivity index (χ3v) is 11.8. The molecule has 0 aliphatic rings. The van der Waals surface area contributed by atoms with Crippen molar-refractivity contribution in [3.63, 3.8) is 0 Å². The first-order chi connectivity index (χ1) is 9.95. The molecule has 0 rings (SSSR count). The average molecular weight is 365 g/mol. The molecule has 0 radical (unpaired) electrons. The summed E-state index contributed by atoms with van der Waals surface area (Å²) in [6, 6.07) is 0. The zero-order valence-corrected chi connectivity index (χ0v) is 19.5. The number of rotatable bonds is 8. The summed E-state index contributed by atoms with van der Waals surface area (Å²) in [6.45, 7) is 25.0. The van der Waals surface area contributed by atoms with Crippen molar-refractivity contribution in [2.24, 2.45) is 0 Å². The zero-order valence-electron chi connectivity index (χ0n) is 17.5. The Morgan fingerprint density at radius 1 is 0.652 bits per heavy atom. The third kappa shape index (κ3) is 11.5. The van der Waals surface area contributed by atoms with Crippen LogP contribution in [0.1, 0.15) is 69.2 Å². The van der Waals surface area contributed by atoms with Gasteiger partial charge in [0.15, 0.2) is 0 Å². The van der Waals surface area contributed by atoms with Crippen molar-refractivity contribution in [1.29, 1.82) is 0 Å². The fraction of sp³-hybridized carbons (Fsp3) is 1.00. The van der Waals surface area contributed by atoms with Crippen LogP contribution in [0.5, 0.6) is 0 Å². The van der Waals surface area contributed by atoms with E-state index in [1.807, 2.05) is 0 Å². The maximum absolute atomic E-state index is 6.45. The Morgan fingerprint density at radius 2 is 0.957 bits per heavy atom. The zero-order chi connectivity index (χ0) is 18.7. The Morgan fingerprint density at radius 3 is 1.17 bits per heavy atom. The first-order valence-electron chi connectivity index (χ1n) is 8.71. The lowest BCUT2D eigenvalue weighted by Crippen LogP contribution is -2.57. The topological polar surface area (TPSA) is 36.9 Å². The van der Waals surface area contributed by atoms with Crippen molar-refractivity contribution in [2.45, 2.75) is 111 Å². The Bertz CT molecular complexity index is 331. The molecule has 0 aromatic carbocycles. The lowest BCUT2D eigenvalue weighted by Gasteiger charge is -2.43. The molecule has 0 N–H and O–H groups in total. The van der Waals surface area contributed by atoms with E-state index in [1.54, 1.807) is 0 Å². The van der Waals surface area contributed by atoms with Crippen molar-refractivity contribution >= 4 is 17.1 Å². The van der Waals surface area contributed by atoms with Gasteiger partial charge in [0.25, 0.3) is 0 Å². The van der Waals surface area contributed by atoms with Crippen LogP contribution in [0.25, 0.3) is 0 Å². The molecule has 6 heteroatoms. The Labute approximate surface area is 146 Å². The standard InChI is InChI=1S/C17H40O4Si2/c1-14(2)18-22(11,19-15(3)4)13-23(12,20-16(5,6)7)21-17(8,9)10/h14-15H,13H2,1-12H3. The van der Waals surface area contributed by atoms with Crippen molar-refractivity contribution < 1.29 is 17.7 Å². The minimum atomic E-state index is -2.48. The fourth-order valence-electron chi connectivity index (χ4n) is 3.08.